The normalized spacial score (nSPS) is 11.9. The first-order valence-electron chi connectivity index (χ1n) is 8.36. The molecule has 0 spiro atoms. The minimum atomic E-state index is -4.32. The Morgan fingerprint density at radius 3 is 2.50 bits per heavy atom. The van der Waals surface area contributed by atoms with Gasteiger partial charge in [-0.1, -0.05) is 18.2 Å². The van der Waals surface area contributed by atoms with Crippen molar-refractivity contribution >= 4 is 35.6 Å². The highest BCUT2D eigenvalue weighted by Gasteiger charge is 2.29. The van der Waals surface area contributed by atoms with Crippen molar-refractivity contribution in [2.75, 3.05) is 13.6 Å². The van der Waals surface area contributed by atoms with Crippen molar-refractivity contribution in [3.05, 3.63) is 65.6 Å². The lowest BCUT2D eigenvalue weighted by Gasteiger charge is -2.12. The zero-order chi connectivity index (χ0) is 19.3. The molecule has 0 aliphatic carbocycles. The van der Waals surface area contributed by atoms with Gasteiger partial charge in [-0.05, 0) is 29.8 Å². The number of guanidine groups is 1. The fourth-order valence-electron chi connectivity index (χ4n) is 2.57. The van der Waals surface area contributed by atoms with E-state index in [0.717, 1.165) is 29.2 Å². The van der Waals surface area contributed by atoms with Crippen LogP contribution in [0.4, 0.5) is 13.2 Å². The fraction of sp³-hybridized carbons (Fsp3) is 0.278. The van der Waals surface area contributed by atoms with Gasteiger partial charge in [-0.25, -0.2) is 0 Å². The Hall–Kier alpha value is -2.37. The Labute approximate surface area is 177 Å². The number of alkyl halides is 3. The van der Waals surface area contributed by atoms with E-state index in [1.165, 1.54) is 12.1 Å². The maximum Gasteiger partial charge on any atom is 0.416 e. The molecule has 3 aromatic rings. The van der Waals surface area contributed by atoms with Gasteiger partial charge in [0.1, 0.15) is 5.82 Å². The van der Waals surface area contributed by atoms with Gasteiger partial charge in [0.05, 0.1) is 5.56 Å². The topological polar surface area (TPSA) is 66.6 Å². The average molecular weight is 504 g/mol. The quantitative estimate of drug-likeness (QED) is 0.318. The maximum atomic E-state index is 12.6. The number of nitrogens with zero attached hydrogens (tertiary/aromatic N) is 4. The second kappa shape index (κ2) is 9.71. The molecule has 0 bridgehead atoms. The molecular formula is C18H20F3IN6. The lowest BCUT2D eigenvalue weighted by atomic mass is 10.1. The average Bonchev–Trinajstić information content (AvgIpc) is 3.07. The van der Waals surface area contributed by atoms with Crippen molar-refractivity contribution in [1.29, 1.82) is 0 Å². The van der Waals surface area contributed by atoms with Crippen LogP contribution in [0.1, 0.15) is 17.0 Å². The van der Waals surface area contributed by atoms with E-state index < -0.39 is 11.7 Å². The van der Waals surface area contributed by atoms with Gasteiger partial charge >= 0.3 is 6.18 Å². The highest BCUT2D eigenvalue weighted by molar-refractivity contribution is 14.0. The molecule has 0 saturated carbocycles. The molecule has 0 aliphatic heterocycles. The summed E-state index contributed by atoms with van der Waals surface area (Å²) in [4.78, 5) is 4.11. The lowest BCUT2D eigenvalue weighted by Crippen LogP contribution is -2.38. The van der Waals surface area contributed by atoms with E-state index in [-0.39, 0.29) is 24.0 Å². The number of halogens is 4. The summed E-state index contributed by atoms with van der Waals surface area (Å²) in [5, 5.41) is 14.5. The van der Waals surface area contributed by atoms with Crippen LogP contribution in [0.3, 0.4) is 0 Å². The van der Waals surface area contributed by atoms with Gasteiger partial charge in [0.15, 0.2) is 11.6 Å². The molecular weight excluding hydrogens is 484 g/mol. The van der Waals surface area contributed by atoms with E-state index in [2.05, 4.69) is 25.8 Å². The van der Waals surface area contributed by atoms with Gasteiger partial charge < -0.3 is 10.6 Å². The van der Waals surface area contributed by atoms with Gasteiger partial charge in [-0.3, -0.25) is 9.39 Å². The van der Waals surface area contributed by atoms with Crippen LogP contribution in [0.15, 0.2) is 53.7 Å². The number of fused-ring (bicyclic) bond motifs is 1. The van der Waals surface area contributed by atoms with Crippen LogP contribution in [0, 0.1) is 0 Å². The van der Waals surface area contributed by atoms with E-state index in [1.807, 2.05) is 28.8 Å². The molecule has 2 aromatic heterocycles. The molecule has 2 heterocycles. The SMILES string of the molecule is CN=C(NCCc1nnc2ccccn12)NCc1ccc(C(F)(F)F)cc1.I. The smallest absolute Gasteiger partial charge is 0.356 e. The number of aliphatic imine (C=N–C) groups is 1. The summed E-state index contributed by atoms with van der Waals surface area (Å²) in [6.07, 6.45) is -1.77. The molecule has 1 aromatic carbocycles. The third kappa shape index (κ3) is 5.57. The second-order valence-corrected chi connectivity index (χ2v) is 5.84. The summed E-state index contributed by atoms with van der Waals surface area (Å²) in [6.45, 7) is 0.952. The van der Waals surface area contributed by atoms with Crippen molar-refractivity contribution < 1.29 is 13.2 Å². The minimum absolute atomic E-state index is 0. The predicted octanol–water partition coefficient (Wildman–Crippen LogP) is 3.27. The summed E-state index contributed by atoms with van der Waals surface area (Å²) in [5.74, 6) is 1.39. The van der Waals surface area contributed by atoms with Crippen molar-refractivity contribution in [3.8, 4) is 0 Å². The van der Waals surface area contributed by atoms with Crippen molar-refractivity contribution in [2.45, 2.75) is 19.1 Å². The summed E-state index contributed by atoms with van der Waals surface area (Å²) in [6, 6.07) is 10.7. The Kier molecular flexibility index (Phi) is 7.61. The highest BCUT2D eigenvalue weighted by atomic mass is 127. The van der Waals surface area contributed by atoms with Gasteiger partial charge in [0, 0.05) is 32.8 Å². The molecule has 10 heteroatoms. The van der Waals surface area contributed by atoms with E-state index in [4.69, 9.17) is 0 Å². The van der Waals surface area contributed by atoms with E-state index in [9.17, 15) is 13.2 Å². The molecule has 150 valence electrons. The van der Waals surface area contributed by atoms with E-state index >= 15 is 0 Å². The molecule has 2 N–H and O–H groups in total. The maximum absolute atomic E-state index is 12.6. The number of benzene rings is 1. The van der Waals surface area contributed by atoms with Crippen LogP contribution in [-0.4, -0.2) is 34.2 Å². The van der Waals surface area contributed by atoms with Gasteiger partial charge in [0.25, 0.3) is 0 Å². The first-order chi connectivity index (χ1) is 13.0. The van der Waals surface area contributed by atoms with Crippen LogP contribution in [0.5, 0.6) is 0 Å². The molecule has 0 unspecified atom stereocenters. The van der Waals surface area contributed by atoms with Crippen LogP contribution in [0.2, 0.25) is 0 Å². The minimum Gasteiger partial charge on any atom is -0.356 e. The summed E-state index contributed by atoms with van der Waals surface area (Å²) >= 11 is 0. The molecule has 6 nitrogen and oxygen atoms in total. The molecule has 0 fully saturated rings. The molecule has 0 aliphatic rings. The number of aromatic nitrogens is 3. The van der Waals surface area contributed by atoms with Gasteiger partial charge in [-0.2, -0.15) is 13.2 Å². The third-order valence-corrected chi connectivity index (χ3v) is 3.99. The predicted molar refractivity (Wildman–Crippen MR) is 112 cm³/mol. The van der Waals surface area contributed by atoms with Crippen molar-refractivity contribution in [3.63, 3.8) is 0 Å². The first-order valence-corrected chi connectivity index (χ1v) is 8.36. The molecule has 28 heavy (non-hydrogen) atoms. The number of pyridine rings is 1. The monoisotopic (exact) mass is 504 g/mol. The van der Waals surface area contributed by atoms with E-state index in [1.54, 1.807) is 7.05 Å². The van der Waals surface area contributed by atoms with Crippen LogP contribution >= 0.6 is 24.0 Å². The lowest BCUT2D eigenvalue weighted by molar-refractivity contribution is -0.137. The zero-order valence-corrected chi connectivity index (χ0v) is 17.4. The standard InChI is InChI=1S/C18H19F3N6.HI/c1-22-17(24-12-13-5-7-14(8-6-13)18(19,20)21)23-10-9-16-26-25-15-4-2-3-11-27(15)16;/h2-8,11H,9-10,12H2,1H3,(H2,22,23,24);1H. The van der Waals surface area contributed by atoms with Crippen LogP contribution < -0.4 is 10.6 Å². The number of nitrogens with one attached hydrogen (secondary N) is 2. The Morgan fingerprint density at radius 2 is 1.82 bits per heavy atom. The number of hydrogen-bond acceptors (Lipinski definition) is 3. The summed E-state index contributed by atoms with van der Waals surface area (Å²) in [5.41, 5.74) is 0.862. The summed E-state index contributed by atoms with van der Waals surface area (Å²) < 4.78 is 39.7. The zero-order valence-electron chi connectivity index (χ0n) is 15.1. The Morgan fingerprint density at radius 1 is 1.07 bits per heavy atom. The molecule has 0 amide bonds. The van der Waals surface area contributed by atoms with Crippen molar-refractivity contribution in [1.82, 2.24) is 25.2 Å². The third-order valence-electron chi connectivity index (χ3n) is 3.99. The van der Waals surface area contributed by atoms with Crippen LogP contribution in [-0.2, 0) is 19.1 Å². The molecule has 3 rings (SSSR count). The van der Waals surface area contributed by atoms with Crippen LogP contribution in [0.25, 0.3) is 5.65 Å². The molecule has 0 saturated heterocycles. The largest absolute Gasteiger partial charge is 0.416 e. The van der Waals surface area contributed by atoms with Gasteiger partial charge in [-0.15, -0.1) is 34.2 Å². The molecule has 0 radical (unpaired) electrons. The van der Waals surface area contributed by atoms with Gasteiger partial charge in [0.2, 0.25) is 0 Å². The number of hydrogen-bond donors (Lipinski definition) is 2. The second-order valence-electron chi connectivity index (χ2n) is 5.84. The van der Waals surface area contributed by atoms with E-state index in [0.29, 0.717) is 25.5 Å². The first kappa shape index (κ1) is 21.9. The highest BCUT2D eigenvalue weighted by Crippen LogP contribution is 2.29. The Bertz CT molecular complexity index is 921. The summed E-state index contributed by atoms with van der Waals surface area (Å²) in [7, 11) is 1.63. The van der Waals surface area contributed by atoms with Crippen molar-refractivity contribution in [2.24, 2.45) is 4.99 Å². The molecule has 0 atom stereocenters. The number of rotatable bonds is 5. The fourth-order valence-corrected chi connectivity index (χ4v) is 2.57. The Balaban J connectivity index is 0.00000280.